The predicted molar refractivity (Wildman–Crippen MR) is 73.0 cm³/mol. The first-order valence-electron chi connectivity index (χ1n) is 6.42. The molecule has 2 heterocycles. The largest absolute Gasteiger partial charge is 0.397 e. The van der Waals surface area contributed by atoms with Crippen molar-refractivity contribution in [2.75, 3.05) is 23.7 Å². The maximum absolute atomic E-state index is 5.77. The molecule has 0 unspecified atom stereocenters. The Bertz CT molecular complexity index is 373. The van der Waals surface area contributed by atoms with Gasteiger partial charge in [0.2, 0.25) is 0 Å². The number of anilines is 2. The Morgan fingerprint density at radius 3 is 2.41 bits per heavy atom. The third-order valence-corrected chi connectivity index (χ3v) is 3.83. The molecule has 0 saturated carbocycles. The second kappa shape index (κ2) is 4.55. The minimum absolute atomic E-state index is 0.431. The van der Waals surface area contributed by atoms with Crippen molar-refractivity contribution in [1.82, 2.24) is 4.98 Å². The number of rotatable bonds is 1. The smallest absolute Gasteiger partial charge is 0.0573 e. The molecule has 0 aliphatic carbocycles. The zero-order chi connectivity index (χ0) is 12.5. The fourth-order valence-electron chi connectivity index (χ4n) is 2.62. The van der Waals surface area contributed by atoms with Crippen molar-refractivity contribution >= 4 is 11.4 Å². The van der Waals surface area contributed by atoms with Crippen LogP contribution in [0.3, 0.4) is 0 Å². The van der Waals surface area contributed by atoms with E-state index in [0.717, 1.165) is 30.4 Å². The van der Waals surface area contributed by atoms with Crippen molar-refractivity contribution in [3.05, 3.63) is 18.5 Å². The van der Waals surface area contributed by atoms with Crippen LogP contribution in [0, 0.1) is 11.3 Å². The van der Waals surface area contributed by atoms with Crippen LogP contribution in [-0.2, 0) is 0 Å². The molecule has 17 heavy (non-hydrogen) atoms. The minimum Gasteiger partial charge on any atom is -0.397 e. The number of piperidine rings is 1. The maximum Gasteiger partial charge on any atom is 0.0573 e. The van der Waals surface area contributed by atoms with E-state index < -0.39 is 0 Å². The van der Waals surface area contributed by atoms with Gasteiger partial charge >= 0.3 is 0 Å². The average molecular weight is 233 g/mol. The molecule has 0 atom stereocenters. The number of hydrogen-bond donors (Lipinski definition) is 1. The number of nitrogen functional groups attached to an aromatic ring is 1. The van der Waals surface area contributed by atoms with Gasteiger partial charge in [-0.1, -0.05) is 20.8 Å². The van der Waals surface area contributed by atoms with Crippen molar-refractivity contribution in [1.29, 1.82) is 0 Å². The van der Waals surface area contributed by atoms with Crippen molar-refractivity contribution in [2.45, 2.75) is 33.6 Å². The Morgan fingerprint density at radius 1 is 1.24 bits per heavy atom. The van der Waals surface area contributed by atoms with E-state index in [9.17, 15) is 0 Å². The number of nitrogens with zero attached hydrogens (tertiary/aromatic N) is 2. The van der Waals surface area contributed by atoms with Crippen molar-refractivity contribution in [3.8, 4) is 0 Å². The molecule has 2 N–H and O–H groups in total. The Hall–Kier alpha value is -1.25. The second-order valence-corrected chi connectivity index (χ2v) is 6.10. The van der Waals surface area contributed by atoms with Crippen LogP contribution < -0.4 is 10.6 Å². The molecular weight excluding hydrogens is 210 g/mol. The van der Waals surface area contributed by atoms with E-state index in [4.69, 9.17) is 5.73 Å². The van der Waals surface area contributed by atoms with Crippen LogP contribution >= 0.6 is 0 Å². The van der Waals surface area contributed by atoms with Crippen LogP contribution in [0.25, 0.3) is 0 Å². The lowest BCUT2D eigenvalue weighted by atomic mass is 9.75. The molecule has 0 radical (unpaired) electrons. The highest BCUT2D eigenvalue weighted by Gasteiger charge is 2.28. The molecule has 0 aromatic carbocycles. The molecule has 1 saturated heterocycles. The third-order valence-electron chi connectivity index (χ3n) is 3.83. The van der Waals surface area contributed by atoms with Gasteiger partial charge in [0.1, 0.15) is 0 Å². The first-order chi connectivity index (χ1) is 7.97. The summed E-state index contributed by atoms with van der Waals surface area (Å²) in [5.41, 5.74) is 8.12. The lowest BCUT2D eigenvalue weighted by Gasteiger charge is -2.39. The van der Waals surface area contributed by atoms with Crippen LogP contribution in [0.2, 0.25) is 0 Å². The zero-order valence-corrected chi connectivity index (χ0v) is 11.1. The van der Waals surface area contributed by atoms with Gasteiger partial charge in [0, 0.05) is 19.3 Å². The maximum atomic E-state index is 5.77. The molecule has 0 amide bonds. The van der Waals surface area contributed by atoms with Gasteiger partial charge in [-0.3, -0.25) is 4.98 Å². The number of aromatic nitrogens is 1. The molecule has 1 aliphatic heterocycles. The van der Waals surface area contributed by atoms with E-state index in [2.05, 4.69) is 30.7 Å². The lowest BCUT2D eigenvalue weighted by molar-refractivity contribution is 0.199. The van der Waals surface area contributed by atoms with Gasteiger partial charge in [-0.25, -0.2) is 0 Å². The number of nitrogens with two attached hydrogens (primary N) is 1. The first-order valence-corrected chi connectivity index (χ1v) is 6.42. The van der Waals surface area contributed by atoms with Crippen molar-refractivity contribution in [2.24, 2.45) is 11.3 Å². The molecule has 1 fully saturated rings. The molecule has 3 heteroatoms. The summed E-state index contributed by atoms with van der Waals surface area (Å²) in [5, 5.41) is 0. The van der Waals surface area contributed by atoms with Gasteiger partial charge in [-0.15, -0.1) is 0 Å². The van der Waals surface area contributed by atoms with E-state index in [1.165, 1.54) is 12.8 Å². The Labute approximate surface area is 104 Å². The summed E-state index contributed by atoms with van der Waals surface area (Å²) in [7, 11) is 0. The van der Waals surface area contributed by atoms with Gasteiger partial charge in [-0.05, 0) is 30.2 Å². The number of pyridine rings is 1. The highest BCUT2D eigenvalue weighted by Crippen LogP contribution is 2.35. The van der Waals surface area contributed by atoms with Crippen LogP contribution in [0.4, 0.5) is 11.4 Å². The first kappa shape index (κ1) is 12.2. The normalized spacial score (nSPS) is 18.4. The fourth-order valence-corrected chi connectivity index (χ4v) is 2.62. The monoisotopic (exact) mass is 233 g/mol. The Morgan fingerprint density at radius 2 is 1.88 bits per heavy atom. The quantitative estimate of drug-likeness (QED) is 0.811. The summed E-state index contributed by atoms with van der Waals surface area (Å²) >= 11 is 0. The summed E-state index contributed by atoms with van der Waals surface area (Å²) in [5.74, 6) is 0.827. The Balaban J connectivity index is 2.00. The molecule has 1 aromatic heterocycles. The van der Waals surface area contributed by atoms with Gasteiger partial charge in [0.15, 0.2) is 0 Å². The van der Waals surface area contributed by atoms with Crippen LogP contribution in [-0.4, -0.2) is 18.1 Å². The van der Waals surface area contributed by atoms with Crippen molar-refractivity contribution < 1.29 is 0 Å². The van der Waals surface area contributed by atoms with Gasteiger partial charge in [-0.2, -0.15) is 0 Å². The van der Waals surface area contributed by atoms with Crippen molar-refractivity contribution in [3.63, 3.8) is 0 Å². The van der Waals surface area contributed by atoms with E-state index in [-0.39, 0.29) is 0 Å². The summed E-state index contributed by atoms with van der Waals surface area (Å²) in [6.07, 6.45) is 6.13. The van der Waals surface area contributed by atoms with Crippen LogP contribution in [0.1, 0.15) is 33.6 Å². The van der Waals surface area contributed by atoms with Crippen LogP contribution in [0.5, 0.6) is 0 Å². The highest BCUT2D eigenvalue weighted by molar-refractivity contribution is 5.53. The fraction of sp³-hybridized carbons (Fsp3) is 0.643. The minimum atomic E-state index is 0.431. The molecule has 1 aliphatic rings. The topological polar surface area (TPSA) is 42.2 Å². The lowest BCUT2D eigenvalue weighted by Crippen LogP contribution is -2.38. The van der Waals surface area contributed by atoms with Crippen LogP contribution in [0.15, 0.2) is 18.5 Å². The predicted octanol–water partition coefficient (Wildman–Crippen LogP) is 2.93. The summed E-state index contributed by atoms with van der Waals surface area (Å²) in [6.45, 7) is 9.26. The summed E-state index contributed by atoms with van der Waals surface area (Å²) < 4.78 is 0. The van der Waals surface area contributed by atoms with Gasteiger partial charge < -0.3 is 10.6 Å². The summed E-state index contributed by atoms with van der Waals surface area (Å²) in [6, 6.07) is 2.02. The second-order valence-electron chi connectivity index (χ2n) is 6.10. The number of hydrogen-bond acceptors (Lipinski definition) is 3. The molecule has 3 nitrogen and oxygen atoms in total. The third kappa shape index (κ3) is 2.90. The standard InChI is InChI=1S/C14H23N3/c1-14(2,3)11-4-6-17(7-5-11)13-8-12(15)9-16-10-13/h8-11H,4-7,15H2,1-3H3. The average Bonchev–Trinajstić information content (AvgIpc) is 2.28. The van der Waals surface area contributed by atoms with E-state index in [1.807, 2.05) is 12.3 Å². The molecule has 2 rings (SSSR count). The van der Waals surface area contributed by atoms with E-state index in [0.29, 0.717) is 5.41 Å². The van der Waals surface area contributed by atoms with E-state index >= 15 is 0 Å². The van der Waals surface area contributed by atoms with Gasteiger partial charge in [0.05, 0.1) is 17.6 Å². The molecule has 0 spiro atoms. The molecule has 1 aromatic rings. The SMILES string of the molecule is CC(C)(C)C1CCN(c2cncc(N)c2)CC1. The molecule has 94 valence electrons. The molecular formula is C14H23N3. The summed E-state index contributed by atoms with van der Waals surface area (Å²) in [4.78, 5) is 6.55. The van der Waals surface area contributed by atoms with Gasteiger partial charge in [0.25, 0.3) is 0 Å². The zero-order valence-electron chi connectivity index (χ0n) is 11.1. The van der Waals surface area contributed by atoms with E-state index in [1.54, 1.807) is 6.20 Å². The Kier molecular flexibility index (Phi) is 3.27. The highest BCUT2D eigenvalue weighted by atomic mass is 15.1. The molecule has 0 bridgehead atoms.